The van der Waals surface area contributed by atoms with Crippen molar-refractivity contribution in [3.63, 3.8) is 0 Å². The van der Waals surface area contributed by atoms with Crippen molar-refractivity contribution in [3.05, 3.63) is 59.5 Å². The fourth-order valence-electron chi connectivity index (χ4n) is 5.48. The van der Waals surface area contributed by atoms with Crippen LogP contribution in [-0.4, -0.2) is 80.2 Å². The van der Waals surface area contributed by atoms with E-state index in [4.69, 9.17) is 0 Å². The minimum atomic E-state index is -1.14. The number of thiazole rings is 1. The summed E-state index contributed by atoms with van der Waals surface area (Å²) < 4.78 is 18.0. The van der Waals surface area contributed by atoms with Gasteiger partial charge in [0.15, 0.2) is 4.96 Å². The number of carbonyl (C=O) groups excluding carboxylic acids is 1. The van der Waals surface area contributed by atoms with E-state index in [-0.39, 0.29) is 24.9 Å². The molecule has 0 radical (unpaired) electrons. The van der Waals surface area contributed by atoms with Crippen molar-refractivity contribution in [2.45, 2.75) is 37.5 Å². The second-order valence-electron chi connectivity index (χ2n) is 10.2. The largest absolute Gasteiger partial charge is 0.465 e. The predicted molar refractivity (Wildman–Crippen MR) is 142 cm³/mol. The van der Waals surface area contributed by atoms with Crippen LogP contribution in [0.4, 0.5) is 9.18 Å². The summed E-state index contributed by atoms with van der Waals surface area (Å²) in [5, 5.41) is 22.5. The summed E-state index contributed by atoms with van der Waals surface area (Å²) in [6.07, 6.45) is 1.98. The Morgan fingerprint density at radius 2 is 1.95 bits per heavy atom. The van der Waals surface area contributed by atoms with Gasteiger partial charge in [-0.25, -0.2) is 14.2 Å². The highest BCUT2D eigenvalue weighted by molar-refractivity contribution is 7.23. The van der Waals surface area contributed by atoms with E-state index in [0.29, 0.717) is 27.3 Å². The maximum atomic E-state index is 15.2. The number of aromatic nitrogens is 2. The van der Waals surface area contributed by atoms with Gasteiger partial charge in [0.1, 0.15) is 5.82 Å². The highest BCUT2D eigenvalue weighted by Crippen LogP contribution is 2.35. The highest BCUT2D eigenvalue weighted by atomic mass is 32.1. The number of imidazole rings is 1. The van der Waals surface area contributed by atoms with Crippen molar-refractivity contribution in [1.29, 1.82) is 0 Å². The van der Waals surface area contributed by atoms with Crippen LogP contribution in [0.3, 0.4) is 0 Å². The van der Waals surface area contributed by atoms with Crippen molar-refractivity contribution in [2.24, 2.45) is 0 Å². The number of nitrogens with zero attached hydrogens (tertiary/aromatic N) is 4. The van der Waals surface area contributed by atoms with E-state index >= 15 is 4.39 Å². The van der Waals surface area contributed by atoms with Gasteiger partial charge in [0.2, 0.25) is 0 Å². The van der Waals surface area contributed by atoms with Crippen molar-refractivity contribution < 1.29 is 24.2 Å². The summed E-state index contributed by atoms with van der Waals surface area (Å²) in [6, 6.07) is 9.79. The average Bonchev–Trinajstić information content (AvgIpc) is 3.57. The molecule has 2 amide bonds. The second kappa shape index (κ2) is 9.64. The smallest absolute Gasteiger partial charge is 0.407 e. The maximum Gasteiger partial charge on any atom is 0.407 e. The summed E-state index contributed by atoms with van der Waals surface area (Å²) >= 11 is 1.43. The van der Waals surface area contributed by atoms with E-state index in [2.05, 4.69) is 22.2 Å². The molecule has 4 aromatic rings. The SMILES string of the molecule is CN1CCC(NC(=O)c2ccc3c(c2)sc2nc(-c4ccc(C5CC(O)CN5C(=O)O)cc4F)cn23)CC1. The maximum absolute atomic E-state index is 15.2. The number of benzene rings is 2. The molecule has 4 heterocycles. The molecule has 0 spiro atoms. The van der Waals surface area contributed by atoms with Gasteiger partial charge in [0.25, 0.3) is 5.91 Å². The Bertz CT molecular complexity index is 1540. The van der Waals surface area contributed by atoms with Gasteiger partial charge in [0, 0.05) is 23.4 Å². The third-order valence-electron chi connectivity index (χ3n) is 7.59. The Balaban J connectivity index is 1.24. The number of fused-ring (bicyclic) bond motifs is 3. The Labute approximate surface area is 222 Å². The number of aliphatic hydroxyl groups excluding tert-OH is 1. The van der Waals surface area contributed by atoms with Crippen LogP contribution in [0, 0.1) is 5.82 Å². The van der Waals surface area contributed by atoms with E-state index in [0.717, 1.165) is 41.0 Å². The first-order chi connectivity index (χ1) is 18.3. The van der Waals surface area contributed by atoms with Crippen LogP contribution in [0.2, 0.25) is 0 Å². The fraction of sp³-hybridized carbons (Fsp3) is 0.370. The number of nitrogens with one attached hydrogen (secondary N) is 1. The number of β-amino-alcohol motifs (C(OH)–C–C–N with tert-alkyl or cyclic N) is 1. The molecule has 9 nitrogen and oxygen atoms in total. The number of hydrogen-bond donors (Lipinski definition) is 3. The molecule has 2 saturated heterocycles. The van der Waals surface area contributed by atoms with Gasteiger partial charge in [0.05, 0.1) is 34.6 Å². The number of rotatable bonds is 4. The van der Waals surface area contributed by atoms with Gasteiger partial charge >= 0.3 is 6.09 Å². The minimum absolute atomic E-state index is 0.00925. The molecule has 2 aromatic carbocycles. The van der Waals surface area contributed by atoms with Gasteiger partial charge in [-0.05, 0) is 75.3 Å². The Kier molecular flexibility index (Phi) is 6.29. The fourth-order valence-corrected chi connectivity index (χ4v) is 6.53. The topological polar surface area (TPSA) is 110 Å². The Hall–Kier alpha value is -3.54. The zero-order valence-electron chi connectivity index (χ0n) is 20.8. The van der Waals surface area contributed by atoms with Crippen molar-refractivity contribution in [3.8, 4) is 11.3 Å². The second-order valence-corrected chi connectivity index (χ2v) is 11.2. The Morgan fingerprint density at radius 1 is 1.16 bits per heavy atom. The lowest BCUT2D eigenvalue weighted by molar-refractivity contribution is 0.0917. The quantitative estimate of drug-likeness (QED) is 0.364. The molecule has 2 atom stereocenters. The number of carbonyl (C=O) groups is 2. The molecule has 6 rings (SSSR count). The normalized spacial score (nSPS) is 21.0. The minimum Gasteiger partial charge on any atom is -0.465 e. The first-order valence-corrected chi connectivity index (χ1v) is 13.5. The highest BCUT2D eigenvalue weighted by Gasteiger charge is 2.35. The van der Waals surface area contributed by atoms with Crippen molar-refractivity contribution >= 4 is 38.5 Å². The summed E-state index contributed by atoms with van der Waals surface area (Å²) in [4.78, 5) is 33.1. The van der Waals surface area contributed by atoms with E-state index in [1.54, 1.807) is 24.4 Å². The van der Waals surface area contributed by atoms with E-state index in [1.807, 2.05) is 16.5 Å². The molecule has 38 heavy (non-hydrogen) atoms. The summed E-state index contributed by atoms with van der Waals surface area (Å²) in [7, 11) is 2.09. The van der Waals surface area contributed by atoms with Crippen LogP contribution in [0.1, 0.15) is 41.2 Å². The molecule has 0 saturated carbocycles. The van der Waals surface area contributed by atoms with E-state index in [1.165, 1.54) is 17.4 Å². The van der Waals surface area contributed by atoms with Crippen molar-refractivity contribution in [1.82, 2.24) is 24.5 Å². The summed E-state index contributed by atoms with van der Waals surface area (Å²) in [6.45, 7) is 1.96. The standard InChI is InChI=1S/C27H28FN5O4S/c1-31-8-6-17(7-9-31)29-25(35)16-3-5-22-24(11-16)38-26-30-21(14-32(22)26)19-4-2-15(10-20(19)28)23-12-18(34)13-33(23)27(36)37/h2-5,10-11,14,17-18,23,34H,6-9,12-13H2,1H3,(H,29,35)(H,36,37). The molecule has 11 heteroatoms. The molecule has 2 aliphatic rings. The summed E-state index contributed by atoms with van der Waals surface area (Å²) in [5.74, 6) is -0.580. The zero-order chi connectivity index (χ0) is 26.6. The number of aliphatic hydroxyl groups is 1. The number of piperidine rings is 1. The van der Waals surface area contributed by atoms with Crippen LogP contribution in [-0.2, 0) is 0 Å². The molecule has 2 aromatic heterocycles. The van der Waals surface area contributed by atoms with Crippen LogP contribution >= 0.6 is 11.3 Å². The molecular weight excluding hydrogens is 509 g/mol. The number of amides is 2. The average molecular weight is 538 g/mol. The molecule has 198 valence electrons. The van der Waals surface area contributed by atoms with Crippen LogP contribution in [0.5, 0.6) is 0 Å². The predicted octanol–water partition coefficient (Wildman–Crippen LogP) is 3.96. The molecule has 3 N–H and O–H groups in total. The van der Waals surface area contributed by atoms with Gasteiger partial charge in [-0.15, -0.1) is 0 Å². The monoisotopic (exact) mass is 537 g/mol. The van der Waals surface area contributed by atoms with Gasteiger partial charge < -0.3 is 20.4 Å². The number of hydrogen-bond acceptors (Lipinski definition) is 6. The molecule has 0 bridgehead atoms. The van der Waals surface area contributed by atoms with E-state index in [9.17, 15) is 19.8 Å². The molecular formula is C27H28FN5O4S. The Morgan fingerprint density at radius 3 is 2.68 bits per heavy atom. The van der Waals surface area contributed by atoms with Gasteiger partial charge in [-0.3, -0.25) is 14.1 Å². The molecule has 2 aliphatic heterocycles. The third-order valence-corrected chi connectivity index (χ3v) is 8.61. The van der Waals surface area contributed by atoms with Crippen LogP contribution < -0.4 is 5.32 Å². The molecule has 0 aliphatic carbocycles. The lowest BCUT2D eigenvalue weighted by atomic mass is 10.0. The number of carboxylic acid groups (broad SMARTS) is 1. The van der Waals surface area contributed by atoms with Crippen LogP contribution in [0.15, 0.2) is 42.6 Å². The first kappa shape index (κ1) is 24.8. The molecule has 2 fully saturated rings. The zero-order valence-corrected chi connectivity index (χ0v) is 21.6. The van der Waals surface area contributed by atoms with E-state index < -0.39 is 24.1 Å². The number of likely N-dealkylation sites (tertiary alicyclic amines) is 2. The molecule has 2 unspecified atom stereocenters. The lowest BCUT2D eigenvalue weighted by Gasteiger charge is -2.29. The van der Waals surface area contributed by atoms with Gasteiger partial charge in [-0.1, -0.05) is 17.4 Å². The van der Waals surface area contributed by atoms with Crippen molar-refractivity contribution in [2.75, 3.05) is 26.7 Å². The number of halogens is 1. The lowest BCUT2D eigenvalue weighted by Crippen LogP contribution is -2.43. The summed E-state index contributed by atoms with van der Waals surface area (Å²) in [5.41, 5.74) is 2.77. The van der Waals surface area contributed by atoms with Crippen LogP contribution in [0.25, 0.3) is 26.4 Å². The third kappa shape index (κ3) is 4.50. The first-order valence-electron chi connectivity index (χ1n) is 12.7. The van der Waals surface area contributed by atoms with Gasteiger partial charge in [-0.2, -0.15) is 0 Å².